The lowest BCUT2D eigenvalue weighted by molar-refractivity contribution is -0.385. The van der Waals surface area contributed by atoms with Crippen molar-refractivity contribution in [2.75, 3.05) is 13.2 Å². The van der Waals surface area contributed by atoms with E-state index in [1.807, 2.05) is 0 Å². The summed E-state index contributed by atoms with van der Waals surface area (Å²) in [6, 6.07) is 9.01. The van der Waals surface area contributed by atoms with Crippen LogP contribution in [0.4, 0.5) is 5.69 Å². The molecule has 0 unspecified atom stereocenters. The van der Waals surface area contributed by atoms with Gasteiger partial charge in [0.2, 0.25) is 6.10 Å². The number of fused-ring (bicyclic) bond motifs is 1. The van der Waals surface area contributed by atoms with E-state index in [9.17, 15) is 20.0 Å². The first-order valence-electron chi connectivity index (χ1n) is 8.33. The molecule has 0 saturated carbocycles. The zero-order chi connectivity index (χ0) is 20.1. The van der Waals surface area contributed by atoms with Crippen molar-refractivity contribution in [3.05, 3.63) is 52.1 Å². The number of ether oxygens (including phenoxy) is 3. The highest BCUT2D eigenvalue weighted by Crippen LogP contribution is 2.32. The van der Waals surface area contributed by atoms with Crippen LogP contribution in [0.2, 0.25) is 0 Å². The smallest absolute Gasteiger partial charge is 0.284 e. The van der Waals surface area contributed by atoms with Crippen molar-refractivity contribution in [3.8, 4) is 23.0 Å². The molecule has 146 valence electrons. The van der Waals surface area contributed by atoms with Crippen LogP contribution in [0.1, 0.15) is 12.5 Å². The average Bonchev–Trinajstić information content (AvgIpc) is 2.70. The van der Waals surface area contributed by atoms with Crippen LogP contribution in [0.25, 0.3) is 0 Å². The van der Waals surface area contributed by atoms with Crippen LogP contribution in [0.15, 0.2) is 41.5 Å². The Kier molecular flexibility index (Phi) is 5.58. The van der Waals surface area contributed by atoms with Crippen LogP contribution in [-0.4, -0.2) is 36.4 Å². The summed E-state index contributed by atoms with van der Waals surface area (Å²) in [5.74, 6) is -0.360. The highest BCUT2D eigenvalue weighted by Gasteiger charge is 2.27. The maximum Gasteiger partial charge on any atom is 0.284 e. The Morgan fingerprint density at radius 2 is 2.14 bits per heavy atom. The molecule has 3 rings (SSSR count). The van der Waals surface area contributed by atoms with Gasteiger partial charge in [-0.2, -0.15) is 5.10 Å². The number of nitro benzene ring substituents is 1. The molecule has 10 heteroatoms. The Morgan fingerprint density at radius 3 is 2.86 bits per heavy atom. The number of carbonyl (C=O) groups is 1. The third kappa shape index (κ3) is 4.11. The zero-order valence-corrected chi connectivity index (χ0v) is 14.8. The first-order valence-corrected chi connectivity index (χ1v) is 8.33. The number of carbonyl (C=O) groups excluding carboxylic acids is 1. The molecule has 0 saturated heterocycles. The molecule has 1 aliphatic heterocycles. The molecule has 1 heterocycles. The van der Waals surface area contributed by atoms with E-state index < -0.39 is 22.7 Å². The first kappa shape index (κ1) is 19.0. The van der Waals surface area contributed by atoms with E-state index in [-0.39, 0.29) is 30.2 Å². The SMILES string of the molecule is CCOc1cc([N+](=O)[O-])cc(/C=N\NC(=O)[C@@H]2COc3ccccc3O2)c1[O-]. The number of hydrogen-bond acceptors (Lipinski definition) is 8. The van der Waals surface area contributed by atoms with Crippen molar-refractivity contribution >= 4 is 17.8 Å². The lowest BCUT2D eigenvalue weighted by Gasteiger charge is -2.24. The number of amides is 1. The first-order chi connectivity index (χ1) is 13.5. The molecule has 1 amide bonds. The number of hydrogen-bond donors (Lipinski definition) is 1. The zero-order valence-electron chi connectivity index (χ0n) is 14.8. The quantitative estimate of drug-likeness (QED) is 0.450. The second-order valence-electron chi connectivity index (χ2n) is 5.65. The summed E-state index contributed by atoms with van der Waals surface area (Å²) >= 11 is 0. The Morgan fingerprint density at radius 1 is 1.39 bits per heavy atom. The Hall–Kier alpha value is -3.82. The van der Waals surface area contributed by atoms with Crippen molar-refractivity contribution in [2.45, 2.75) is 13.0 Å². The summed E-state index contributed by atoms with van der Waals surface area (Å²) in [6.45, 7) is 1.82. The van der Waals surface area contributed by atoms with E-state index in [4.69, 9.17) is 14.2 Å². The third-order valence-electron chi connectivity index (χ3n) is 3.76. The Balaban J connectivity index is 1.70. The molecule has 0 fully saturated rings. The number of nitrogens with one attached hydrogen (secondary N) is 1. The van der Waals surface area contributed by atoms with E-state index in [1.165, 1.54) is 0 Å². The van der Waals surface area contributed by atoms with Crippen molar-refractivity contribution < 1.29 is 29.0 Å². The van der Waals surface area contributed by atoms with Crippen LogP contribution in [0, 0.1) is 10.1 Å². The van der Waals surface area contributed by atoms with Crippen molar-refractivity contribution in [1.82, 2.24) is 5.43 Å². The van der Waals surface area contributed by atoms with Crippen LogP contribution < -0.4 is 24.7 Å². The third-order valence-corrected chi connectivity index (χ3v) is 3.76. The standard InChI is InChI=1S/C18H17N3O7/c1-2-26-15-8-12(21(24)25)7-11(17(15)22)9-19-20-18(23)16-10-27-13-5-3-4-6-14(13)28-16/h3-9,16,22H,2,10H2,1H3,(H,20,23)/p-1/b19-9-/t16-/m0/s1. The number of rotatable bonds is 6. The Labute approximate surface area is 159 Å². The second kappa shape index (κ2) is 8.25. The van der Waals surface area contributed by atoms with Gasteiger partial charge in [0.05, 0.1) is 23.8 Å². The highest BCUT2D eigenvalue weighted by atomic mass is 16.6. The maximum atomic E-state index is 12.3. The minimum absolute atomic E-state index is 0.00350. The summed E-state index contributed by atoms with van der Waals surface area (Å²) in [4.78, 5) is 22.5. The topological polar surface area (TPSA) is 135 Å². The van der Waals surface area contributed by atoms with Gasteiger partial charge < -0.3 is 19.3 Å². The second-order valence-corrected chi connectivity index (χ2v) is 5.65. The monoisotopic (exact) mass is 386 g/mol. The van der Waals surface area contributed by atoms with Crippen molar-refractivity contribution in [1.29, 1.82) is 0 Å². The fraction of sp³-hybridized carbons (Fsp3) is 0.222. The van der Waals surface area contributed by atoms with Crippen LogP contribution in [0.5, 0.6) is 23.0 Å². The minimum Gasteiger partial charge on any atom is -0.870 e. The summed E-state index contributed by atoms with van der Waals surface area (Å²) in [6.07, 6.45) is 0.0933. The highest BCUT2D eigenvalue weighted by molar-refractivity contribution is 5.88. The molecule has 28 heavy (non-hydrogen) atoms. The van der Waals surface area contributed by atoms with Crippen LogP contribution in [0.3, 0.4) is 0 Å². The number of non-ortho nitro benzene ring substituents is 1. The molecule has 1 aliphatic rings. The van der Waals surface area contributed by atoms with E-state index in [2.05, 4.69) is 10.5 Å². The van der Waals surface area contributed by atoms with Crippen LogP contribution in [-0.2, 0) is 4.79 Å². The van der Waals surface area contributed by atoms with Gasteiger partial charge in [-0.3, -0.25) is 14.9 Å². The fourth-order valence-electron chi connectivity index (χ4n) is 2.46. The number of nitro groups is 1. The Bertz CT molecular complexity index is 929. The number of hydrazone groups is 1. The van der Waals surface area contributed by atoms with Gasteiger partial charge in [-0.1, -0.05) is 17.9 Å². The summed E-state index contributed by atoms with van der Waals surface area (Å²) in [7, 11) is 0. The van der Waals surface area contributed by atoms with Gasteiger partial charge in [0.25, 0.3) is 11.6 Å². The summed E-state index contributed by atoms with van der Waals surface area (Å²) in [5.41, 5.74) is 1.82. The molecule has 2 aromatic rings. The molecular weight excluding hydrogens is 370 g/mol. The number of benzene rings is 2. The van der Waals surface area contributed by atoms with Gasteiger partial charge in [-0.25, -0.2) is 5.43 Å². The summed E-state index contributed by atoms with van der Waals surface area (Å²) < 4.78 is 16.1. The molecule has 2 aromatic carbocycles. The molecule has 0 bridgehead atoms. The van der Waals surface area contributed by atoms with Crippen molar-refractivity contribution in [2.24, 2.45) is 5.10 Å². The van der Waals surface area contributed by atoms with Gasteiger partial charge in [0.1, 0.15) is 12.4 Å². The molecule has 0 aromatic heterocycles. The van der Waals surface area contributed by atoms with Crippen LogP contribution >= 0.6 is 0 Å². The fourth-order valence-corrected chi connectivity index (χ4v) is 2.46. The molecular formula is C18H16N3O7-. The van der Waals surface area contributed by atoms with Gasteiger partial charge >= 0.3 is 0 Å². The molecule has 0 spiro atoms. The summed E-state index contributed by atoms with van der Waals surface area (Å²) in [5, 5.41) is 27.0. The van der Waals surface area contributed by atoms with Gasteiger partial charge in [-0.15, -0.1) is 0 Å². The number of para-hydroxylation sites is 2. The maximum absolute atomic E-state index is 12.3. The lowest BCUT2D eigenvalue weighted by atomic mass is 10.1. The minimum atomic E-state index is -0.928. The van der Waals surface area contributed by atoms with E-state index in [0.29, 0.717) is 11.5 Å². The van der Waals surface area contributed by atoms with Gasteiger partial charge in [0.15, 0.2) is 11.5 Å². The largest absolute Gasteiger partial charge is 0.870 e. The lowest BCUT2D eigenvalue weighted by Crippen LogP contribution is -2.42. The van der Waals surface area contributed by atoms with E-state index in [0.717, 1.165) is 18.3 Å². The molecule has 0 aliphatic carbocycles. The number of nitrogens with zero attached hydrogens (tertiary/aromatic N) is 2. The van der Waals surface area contributed by atoms with E-state index >= 15 is 0 Å². The predicted molar refractivity (Wildman–Crippen MR) is 95.8 cm³/mol. The van der Waals surface area contributed by atoms with Gasteiger partial charge in [0, 0.05) is 6.07 Å². The predicted octanol–water partition coefficient (Wildman–Crippen LogP) is 1.36. The van der Waals surface area contributed by atoms with E-state index in [1.54, 1.807) is 31.2 Å². The molecule has 0 radical (unpaired) electrons. The molecule has 10 nitrogen and oxygen atoms in total. The normalized spacial score (nSPS) is 15.2. The van der Waals surface area contributed by atoms with Crippen molar-refractivity contribution in [3.63, 3.8) is 0 Å². The molecule has 1 atom stereocenters. The molecule has 1 N–H and O–H groups in total. The average molecular weight is 386 g/mol. The van der Waals surface area contributed by atoms with Gasteiger partial charge in [-0.05, 0) is 24.6 Å².